The molecule has 0 unspecified atom stereocenters. The average Bonchev–Trinajstić information content (AvgIpc) is 3.26. The number of fused-ring (bicyclic) bond motifs is 1. The second kappa shape index (κ2) is 6.58. The van der Waals surface area contributed by atoms with Crippen LogP contribution in [0.3, 0.4) is 0 Å². The molecule has 2 aliphatic rings. The summed E-state index contributed by atoms with van der Waals surface area (Å²) in [4.78, 5) is 6.95. The smallest absolute Gasteiger partial charge is 0.231 e. The molecule has 4 rings (SSSR count). The van der Waals surface area contributed by atoms with Crippen LogP contribution >= 0.6 is 11.8 Å². The van der Waals surface area contributed by atoms with Gasteiger partial charge in [-0.05, 0) is 36.2 Å². The van der Waals surface area contributed by atoms with Gasteiger partial charge in [0.15, 0.2) is 16.7 Å². The monoisotopic (exact) mass is 330 g/mol. The van der Waals surface area contributed by atoms with E-state index in [9.17, 15) is 0 Å². The van der Waals surface area contributed by atoms with Crippen LogP contribution in [-0.4, -0.2) is 29.2 Å². The molecule has 0 bridgehead atoms. The normalized spacial score (nSPS) is 16.3. The molecule has 0 N–H and O–H groups in total. The Morgan fingerprint density at radius 1 is 1.13 bits per heavy atom. The highest BCUT2D eigenvalue weighted by molar-refractivity contribution is 8.13. The second-order valence-corrected chi connectivity index (χ2v) is 6.55. The van der Waals surface area contributed by atoms with Gasteiger partial charge in [-0.3, -0.25) is 4.99 Å². The van der Waals surface area contributed by atoms with Crippen molar-refractivity contribution in [3.8, 4) is 11.5 Å². The first kappa shape index (κ1) is 14.5. The summed E-state index contributed by atoms with van der Waals surface area (Å²) in [6, 6.07) is 10.0. The first-order valence-electron chi connectivity index (χ1n) is 7.71. The number of hydrogen-bond acceptors (Lipinski definition) is 6. The van der Waals surface area contributed by atoms with E-state index in [-0.39, 0.29) is 0 Å². The minimum Gasteiger partial charge on any atom is -0.467 e. The van der Waals surface area contributed by atoms with Crippen LogP contribution in [-0.2, 0) is 13.1 Å². The molecule has 0 atom stereocenters. The zero-order chi connectivity index (χ0) is 15.5. The Hall–Kier alpha value is -2.08. The molecule has 0 aliphatic carbocycles. The summed E-state index contributed by atoms with van der Waals surface area (Å²) < 4.78 is 16.4. The number of thioether (sulfide) groups is 1. The molecular formula is C17H18N2O3S. The second-order valence-electron chi connectivity index (χ2n) is 5.49. The fraction of sp³-hybridized carbons (Fsp3) is 0.353. The van der Waals surface area contributed by atoms with Crippen LogP contribution in [0.5, 0.6) is 11.5 Å². The topological polar surface area (TPSA) is 47.2 Å². The molecule has 0 amide bonds. The quantitative estimate of drug-likeness (QED) is 0.858. The molecule has 0 saturated heterocycles. The lowest BCUT2D eigenvalue weighted by Gasteiger charge is -2.27. The number of rotatable bonds is 4. The number of nitrogens with zero attached hydrogens (tertiary/aromatic N) is 2. The molecule has 1 aromatic heterocycles. The number of benzene rings is 1. The third-order valence-electron chi connectivity index (χ3n) is 3.79. The third kappa shape index (κ3) is 3.32. The van der Waals surface area contributed by atoms with Gasteiger partial charge in [0.05, 0.1) is 12.8 Å². The van der Waals surface area contributed by atoms with Gasteiger partial charge < -0.3 is 18.8 Å². The summed E-state index contributed by atoms with van der Waals surface area (Å²) in [5, 5.41) is 1.09. The van der Waals surface area contributed by atoms with Crippen molar-refractivity contribution < 1.29 is 13.9 Å². The fourth-order valence-electron chi connectivity index (χ4n) is 2.68. The van der Waals surface area contributed by atoms with E-state index in [0.717, 1.165) is 47.7 Å². The van der Waals surface area contributed by atoms with Crippen molar-refractivity contribution in [1.82, 2.24) is 4.90 Å². The Morgan fingerprint density at radius 2 is 2.09 bits per heavy atom. The van der Waals surface area contributed by atoms with Crippen molar-refractivity contribution >= 4 is 16.9 Å². The Morgan fingerprint density at radius 3 is 2.91 bits per heavy atom. The molecule has 0 spiro atoms. The van der Waals surface area contributed by atoms with E-state index in [4.69, 9.17) is 13.9 Å². The Labute approximate surface area is 139 Å². The van der Waals surface area contributed by atoms with Crippen LogP contribution in [0.15, 0.2) is 46.0 Å². The van der Waals surface area contributed by atoms with Crippen molar-refractivity contribution in [1.29, 1.82) is 0 Å². The predicted molar refractivity (Wildman–Crippen MR) is 89.9 cm³/mol. The van der Waals surface area contributed by atoms with E-state index < -0.39 is 0 Å². The Bertz CT molecular complexity index is 700. The highest BCUT2D eigenvalue weighted by Crippen LogP contribution is 2.33. The van der Waals surface area contributed by atoms with Gasteiger partial charge in [0.25, 0.3) is 0 Å². The third-order valence-corrected chi connectivity index (χ3v) is 4.93. The molecule has 2 aromatic rings. The largest absolute Gasteiger partial charge is 0.467 e. The van der Waals surface area contributed by atoms with Crippen LogP contribution in [0.1, 0.15) is 17.7 Å². The van der Waals surface area contributed by atoms with Gasteiger partial charge in [-0.15, -0.1) is 0 Å². The van der Waals surface area contributed by atoms with Gasteiger partial charge in [-0.25, -0.2) is 0 Å². The first-order chi connectivity index (χ1) is 11.4. The van der Waals surface area contributed by atoms with Crippen molar-refractivity contribution in [2.75, 3.05) is 19.1 Å². The van der Waals surface area contributed by atoms with Crippen molar-refractivity contribution in [3.05, 3.63) is 47.9 Å². The SMILES string of the molecule is c1coc(CN(Cc2ccc3c(c2)OCO3)C2=NCCCS2)c1. The minimum atomic E-state index is 0.303. The predicted octanol–water partition coefficient (Wildman–Crippen LogP) is 3.50. The minimum absolute atomic E-state index is 0.303. The van der Waals surface area contributed by atoms with E-state index >= 15 is 0 Å². The number of ether oxygens (including phenoxy) is 2. The number of amidine groups is 1. The molecule has 0 saturated carbocycles. The first-order valence-corrected chi connectivity index (χ1v) is 8.70. The van der Waals surface area contributed by atoms with Crippen LogP contribution in [0.4, 0.5) is 0 Å². The summed E-state index contributed by atoms with van der Waals surface area (Å²) in [6.45, 7) is 2.69. The zero-order valence-electron chi connectivity index (χ0n) is 12.7. The molecular weight excluding hydrogens is 312 g/mol. The average molecular weight is 330 g/mol. The maximum absolute atomic E-state index is 5.52. The molecule has 0 fully saturated rings. The van der Waals surface area contributed by atoms with E-state index in [2.05, 4.69) is 16.0 Å². The van der Waals surface area contributed by atoms with Crippen LogP contribution in [0.2, 0.25) is 0 Å². The van der Waals surface area contributed by atoms with E-state index in [1.165, 1.54) is 5.56 Å². The van der Waals surface area contributed by atoms with Crippen LogP contribution < -0.4 is 9.47 Å². The number of hydrogen-bond donors (Lipinski definition) is 0. The molecule has 6 heteroatoms. The van der Waals surface area contributed by atoms with E-state index in [1.807, 2.05) is 36.0 Å². The Kier molecular flexibility index (Phi) is 4.15. The molecule has 5 nitrogen and oxygen atoms in total. The lowest BCUT2D eigenvalue weighted by atomic mass is 10.2. The molecule has 3 heterocycles. The van der Waals surface area contributed by atoms with E-state index in [0.29, 0.717) is 13.3 Å². The Balaban J connectivity index is 1.55. The van der Waals surface area contributed by atoms with Crippen molar-refractivity contribution in [2.45, 2.75) is 19.5 Å². The molecule has 2 aliphatic heterocycles. The van der Waals surface area contributed by atoms with Gasteiger partial charge in [0.2, 0.25) is 6.79 Å². The van der Waals surface area contributed by atoms with Gasteiger partial charge in [0.1, 0.15) is 5.76 Å². The lowest BCUT2D eigenvalue weighted by molar-refractivity contribution is 0.174. The summed E-state index contributed by atoms with van der Waals surface area (Å²) in [5.41, 5.74) is 1.18. The molecule has 0 radical (unpaired) electrons. The van der Waals surface area contributed by atoms with Gasteiger partial charge >= 0.3 is 0 Å². The van der Waals surface area contributed by atoms with Gasteiger partial charge in [-0.2, -0.15) is 0 Å². The number of aliphatic imine (C=N–C) groups is 1. The van der Waals surface area contributed by atoms with Crippen molar-refractivity contribution in [3.63, 3.8) is 0 Å². The van der Waals surface area contributed by atoms with Crippen LogP contribution in [0, 0.1) is 0 Å². The summed E-state index contributed by atoms with van der Waals surface area (Å²) in [5.74, 6) is 3.70. The summed E-state index contributed by atoms with van der Waals surface area (Å²) in [6.07, 6.45) is 2.86. The lowest BCUT2D eigenvalue weighted by Crippen LogP contribution is -2.29. The van der Waals surface area contributed by atoms with Crippen LogP contribution in [0.25, 0.3) is 0 Å². The summed E-state index contributed by atoms with van der Waals surface area (Å²) in [7, 11) is 0. The maximum Gasteiger partial charge on any atom is 0.231 e. The molecule has 23 heavy (non-hydrogen) atoms. The maximum atomic E-state index is 5.52. The molecule has 1 aromatic carbocycles. The standard InChI is InChI=1S/C17H18N2O3S/c1-3-14(20-7-1)11-19(17-18-6-2-8-23-17)10-13-4-5-15-16(9-13)22-12-21-15/h1,3-5,7,9H,2,6,8,10-12H2. The zero-order valence-corrected chi connectivity index (χ0v) is 13.6. The van der Waals surface area contributed by atoms with Gasteiger partial charge in [0, 0.05) is 18.8 Å². The fourth-order valence-corrected chi connectivity index (χ4v) is 3.63. The van der Waals surface area contributed by atoms with E-state index in [1.54, 1.807) is 6.26 Å². The summed E-state index contributed by atoms with van der Waals surface area (Å²) >= 11 is 1.82. The molecule has 120 valence electrons. The highest BCUT2D eigenvalue weighted by atomic mass is 32.2. The van der Waals surface area contributed by atoms with Crippen molar-refractivity contribution in [2.24, 2.45) is 4.99 Å². The van der Waals surface area contributed by atoms with Gasteiger partial charge in [-0.1, -0.05) is 17.8 Å². The highest BCUT2D eigenvalue weighted by Gasteiger charge is 2.19. The number of furan rings is 1.